The third-order valence-corrected chi connectivity index (χ3v) is 1.57. The van der Waals surface area contributed by atoms with E-state index in [4.69, 9.17) is 4.74 Å². The molecule has 0 aliphatic heterocycles. The highest BCUT2D eigenvalue weighted by Crippen LogP contribution is 1.93. The van der Waals surface area contributed by atoms with E-state index in [0.717, 1.165) is 26.3 Å². The topological polar surface area (TPSA) is 21.3 Å². The Morgan fingerprint density at radius 2 is 2.00 bits per heavy atom. The molecule has 0 aromatic carbocycles. The molecule has 0 saturated heterocycles. The van der Waals surface area contributed by atoms with E-state index in [-0.39, 0.29) is 1.43 Å². The maximum atomic E-state index is 5.38. The highest BCUT2D eigenvalue weighted by atomic mass is 16.5. The Labute approximate surface area is 71.8 Å². The van der Waals surface area contributed by atoms with Crippen LogP contribution in [-0.4, -0.2) is 26.3 Å². The van der Waals surface area contributed by atoms with Crippen molar-refractivity contribution in [2.24, 2.45) is 0 Å². The molecule has 0 radical (unpaired) electrons. The van der Waals surface area contributed by atoms with Crippen LogP contribution in [0.25, 0.3) is 0 Å². The summed E-state index contributed by atoms with van der Waals surface area (Å²) < 4.78 is 5.38. The Kier molecular flexibility index (Phi) is 9.85. The maximum Gasteiger partial charge on any atom is 0.0590 e. The second-order valence-electron chi connectivity index (χ2n) is 2.67. The van der Waals surface area contributed by atoms with Gasteiger partial charge in [0, 0.05) is 14.6 Å². The largest absolute Gasteiger partial charge is 0.380 e. The molecular weight excluding hydrogens is 138 g/mol. The predicted octanol–water partition coefficient (Wildman–Crippen LogP) is 2.05. The minimum atomic E-state index is 0. The van der Waals surface area contributed by atoms with Crippen LogP contribution in [-0.2, 0) is 4.74 Å². The Bertz CT molecular complexity index is 63.5. The van der Waals surface area contributed by atoms with Crippen molar-refractivity contribution in [1.29, 1.82) is 0 Å². The van der Waals surface area contributed by atoms with Gasteiger partial charge in [0.05, 0.1) is 6.61 Å². The molecule has 0 unspecified atom stereocenters. The Hall–Kier alpha value is -0.0800. The fourth-order valence-corrected chi connectivity index (χ4v) is 0.877. The molecule has 0 aromatic rings. The van der Waals surface area contributed by atoms with Gasteiger partial charge in [-0.3, -0.25) is 0 Å². The molecule has 0 aromatic heterocycles. The average Bonchev–Trinajstić information content (AvgIpc) is 2.03. The first kappa shape index (κ1) is 10.9. The first-order chi connectivity index (χ1) is 5.41. The number of hydrogen-bond donors (Lipinski definition) is 1. The van der Waals surface area contributed by atoms with Crippen molar-refractivity contribution >= 4 is 0 Å². The van der Waals surface area contributed by atoms with E-state index in [1.54, 1.807) is 0 Å². The van der Waals surface area contributed by atoms with E-state index in [1.165, 1.54) is 19.3 Å². The Morgan fingerprint density at radius 3 is 2.64 bits per heavy atom. The van der Waals surface area contributed by atoms with Gasteiger partial charge in [0.25, 0.3) is 0 Å². The number of likely N-dealkylation sites (N-methyl/N-ethyl adjacent to an activating group) is 1. The van der Waals surface area contributed by atoms with E-state index >= 15 is 0 Å². The maximum absolute atomic E-state index is 5.38. The van der Waals surface area contributed by atoms with Crippen LogP contribution in [0, 0.1) is 0 Å². The third kappa shape index (κ3) is 9.92. The van der Waals surface area contributed by atoms with E-state index in [0.29, 0.717) is 0 Å². The van der Waals surface area contributed by atoms with Gasteiger partial charge in [-0.15, -0.1) is 0 Å². The zero-order valence-corrected chi connectivity index (χ0v) is 7.86. The van der Waals surface area contributed by atoms with Crippen molar-refractivity contribution in [2.75, 3.05) is 26.3 Å². The monoisotopic (exact) mass is 161 g/mol. The summed E-state index contributed by atoms with van der Waals surface area (Å²) in [5.41, 5.74) is 0. The molecule has 0 aliphatic carbocycles. The number of rotatable bonds is 8. The minimum absolute atomic E-state index is 0. The van der Waals surface area contributed by atoms with Gasteiger partial charge in [0.1, 0.15) is 0 Å². The van der Waals surface area contributed by atoms with Crippen molar-refractivity contribution < 1.29 is 6.16 Å². The summed E-state index contributed by atoms with van der Waals surface area (Å²) in [5, 5.41) is 3.21. The van der Waals surface area contributed by atoms with Gasteiger partial charge in [-0.1, -0.05) is 26.7 Å². The average molecular weight is 161 g/mol. The number of unbranched alkanes of at least 4 members (excludes halogenated alkanes) is 2. The van der Waals surface area contributed by atoms with Gasteiger partial charge in [-0.2, -0.15) is 0 Å². The van der Waals surface area contributed by atoms with E-state index in [1.807, 2.05) is 0 Å². The summed E-state index contributed by atoms with van der Waals surface area (Å²) in [6.45, 7) is 8.13. The molecule has 70 valence electrons. The summed E-state index contributed by atoms with van der Waals surface area (Å²) in [4.78, 5) is 0. The van der Waals surface area contributed by atoms with Crippen LogP contribution >= 0.6 is 0 Å². The molecule has 0 amide bonds. The van der Waals surface area contributed by atoms with Crippen LogP contribution in [0.2, 0.25) is 0 Å². The molecule has 0 fully saturated rings. The lowest BCUT2D eigenvalue weighted by atomic mass is 10.3. The van der Waals surface area contributed by atoms with Crippen molar-refractivity contribution in [2.45, 2.75) is 33.1 Å². The van der Waals surface area contributed by atoms with Gasteiger partial charge in [0.2, 0.25) is 0 Å². The standard InChI is InChI=1S/C9H21NO.H2/c1-3-5-6-8-11-9-7-10-4-2;/h10H,3-9H2,1-2H3;1H. The van der Waals surface area contributed by atoms with Crippen molar-refractivity contribution in [3.8, 4) is 0 Å². The smallest absolute Gasteiger partial charge is 0.0590 e. The van der Waals surface area contributed by atoms with Crippen LogP contribution in [0.15, 0.2) is 0 Å². The van der Waals surface area contributed by atoms with Crippen molar-refractivity contribution in [3.63, 3.8) is 0 Å². The first-order valence-electron chi connectivity index (χ1n) is 4.70. The van der Waals surface area contributed by atoms with Crippen LogP contribution < -0.4 is 5.32 Å². The normalized spacial score (nSPS) is 10.4. The predicted molar refractivity (Wildman–Crippen MR) is 51.0 cm³/mol. The molecule has 0 aliphatic rings. The van der Waals surface area contributed by atoms with Crippen molar-refractivity contribution in [1.82, 2.24) is 5.32 Å². The highest BCUT2D eigenvalue weighted by molar-refractivity contribution is 4.41. The SMILES string of the molecule is CCCCCOCCNCC.[HH]. The van der Waals surface area contributed by atoms with E-state index in [2.05, 4.69) is 19.2 Å². The third-order valence-electron chi connectivity index (χ3n) is 1.57. The summed E-state index contributed by atoms with van der Waals surface area (Å²) in [6.07, 6.45) is 3.78. The van der Waals surface area contributed by atoms with Gasteiger partial charge < -0.3 is 10.1 Å². The molecule has 0 atom stereocenters. The molecule has 0 bridgehead atoms. The summed E-state index contributed by atoms with van der Waals surface area (Å²) in [5.74, 6) is 0. The molecule has 11 heavy (non-hydrogen) atoms. The zero-order valence-electron chi connectivity index (χ0n) is 7.86. The summed E-state index contributed by atoms with van der Waals surface area (Å²) in [6, 6.07) is 0. The van der Waals surface area contributed by atoms with Gasteiger partial charge in [-0.05, 0) is 13.0 Å². The number of ether oxygens (including phenoxy) is 1. The molecule has 0 rings (SSSR count). The van der Waals surface area contributed by atoms with Gasteiger partial charge in [0.15, 0.2) is 0 Å². The Balaban J connectivity index is 0. The highest BCUT2D eigenvalue weighted by Gasteiger charge is 1.87. The molecule has 1 N–H and O–H groups in total. The lowest BCUT2D eigenvalue weighted by Gasteiger charge is -2.03. The fraction of sp³-hybridized carbons (Fsp3) is 1.00. The fourth-order valence-electron chi connectivity index (χ4n) is 0.877. The van der Waals surface area contributed by atoms with Gasteiger partial charge >= 0.3 is 0 Å². The zero-order chi connectivity index (χ0) is 8.36. The minimum Gasteiger partial charge on any atom is -0.380 e. The second-order valence-corrected chi connectivity index (χ2v) is 2.67. The number of hydrogen-bond acceptors (Lipinski definition) is 2. The van der Waals surface area contributed by atoms with Crippen LogP contribution in [0.1, 0.15) is 34.5 Å². The second kappa shape index (κ2) is 9.92. The van der Waals surface area contributed by atoms with Crippen LogP contribution in [0.4, 0.5) is 0 Å². The quantitative estimate of drug-likeness (QED) is 0.550. The summed E-state index contributed by atoms with van der Waals surface area (Å²) >= 11 is 0. The van der Waals surface area contributed by atoms with Crippen molar-refractivity contribution in [3.05, 3.63) is 0 Å². The molecule has 2 heteroatoms. The lowest BCUT2D eigenvalue weighted by molar-refractivity contribution is 0.132. The van der Waals surface area contributed by atoms with Crippen LogP contribution in [0.5, 0.6) is 0 Å². The summed E-state index contributed by atoms with van der Waals surface area (Å²) in [7, 11) is 0. The van der Waals surface area contributed by atoms with E-state index < -0.39 is 0 Å². The molecule has 2 nitrogen and oxygen atoms in total. The molecular formula is C9H23NO. The number of nitrogens with one attached hydrogen (secondary N) is 1. The lowest BCUT2D eigenvalue weighted by Crippen LogP contribution is -2.19. The molecule has 0 spiro atoms. The first-order valence-corrected chi connectivity index (χ1v) is 4.70. The van der Waals surface area contributed by atoms with Gasteiger partial charge in [-0.25, -0.2) is 0 Å². The van der Waals surface area contributed by atoms with E-state index in [9.17, 15) is 0 Å². The Morgan fingerprint density at radius 1 is 1.18 bits per heavy atom. The molecule has 0 saturated carbocycles. The molecule has 0 heterocycles. The van der Waals surface area contributed by atoms with Crippen LogP contribution in [0.3, 0.4) is 0 Å².